The normalized spacial score (nSPS) is 18.9. The van der Waals surface area contributed by atoms with Crippen molar-refractivity contribution in [1.29, 1.82) is 0 Å². The standard InChI is InChI=1S/C26H21B8N3O3/c1-36-10-4-5-15(36)11-14-13-35-20-9-8-16(12-19(14)20)40-26(33,34)24(29,30)23(27,28)25(31,32)37-21(38)17-6-2-3-7-18(17)22(37)39/h2-3,6-9,12-13,15,35H,4-5,10-11H2,1H3. The Morgan fingerprint density at radius 1 is 0.925 bits per heavy atom. The lowest BCUT2D eigenvalue weighted by Crippen LogP contribution is -2.69. The molecule has 2 aliphatic heterocycles. The van der Waals surface area contributed by atoms with E-state index in [0.29, 0.717) is 10.9 Å². The van der Waals surface area contributed by atoms with E-state index in [4.69, 9.17) is 67.5 Å². The molecule has 1 fully saturated rings. The molecule has 182 valence electrons. The van der Waals surface area contributed by atoms with E-state index in [2.05, 4.69) is 16.9 Å². The van der Waals surface area contributed by atoms with Crippen molar-refractivity contribution >= 4 is 85.5 Å². The van der Waals surface area contributed by atoms with Gasteiger partial charge in [0.05, 0.1) is 58.2 Å². The summed E-state index contributed by atoms with van der Waals surface area (Å²) in [6.07, 6.45) is 5.06. The Hall–Kier alpha value is -2.60. The molecule has 1 saturated heterocycles. The molecule has 2 aromatic carbocycles. The molecule has 0 aliphatic carbocycles. The molecule has 40 heavy (non-hydrogen) atoms. The van der Waals surface area contributed by atoms with Crippen molar-refractivity contribution in [1.82, 2.24) is 14.8 Å². The van der Waals surface area contributed by atoms with Gasteiger partial charge in [0, 0.05) is 28.5 Å². The zero-order chi connectivity index (χ0) is 29.3. The predicted octanol–water partition coefficient (Wildman–Crippen LogP) is 0.368. The van der Waals surface area contributed by atoms with Gasteiger partial charge in [-0.2, -0.15) is 0 Å². The summed E-state index contributed by atoms with van der Waals surface area (Å²) in [5, 5.41) is -9.52. The highest BCUT2D eigenvalue weighted by atomic mass is 16.5. The first-order valence-electron chi connectivity index (χ1n) is 12.9. The van der Waals surface area contributed by atoms with E-state index in [1.807, 2.05) is 6.20 Å². The molecule has 6 nitrogen and oxygen atoms in total. The average Bonchev–Trinajstić information content (AvgIpc) is 3.55. The number of aromatic nitrogens is 1. The van der Waals surface area contributed by atoms with E-state index in [1.54, 1.807) is 30.3 Å². The topological polar surface area (TPSA) is 65.6 Å². The fraction of sp³-hybridized carbons (Fsp3) is 0.385. The summed E-state index contributed by atoms with van der Waals surface area (Å²) >= 11 is 0. The smallest absolute Gasteiger partial charge is 0.260 e. The molecule has 3 heterocycles. The summed E-state index contributed by atoms with van der Waals surface area (Å²) in [5.74, 6) is -1.45. The third-order valence-corrected chi connectivity index (χ3v) is 8.31. The molecule has 0 bridgehead atoms. The number of rotatable bonds is 8. The van der Waals surface area contributed by atoms with E-state index in [1.165, 1.54) is 12.1 Å². The Morgan fingerprint density at radius 2 is 1.55 bits per heavy atom. The van der Waals surface area contributed by atoms with Gasteiger partial charge < -0.3 is 14.6 Å². The first-order chi connectivity index (χ1) is 18.6. The van der Waals surface area contributed by atoms with Crippen LogP contribution in [0.4, 0.5) is 0 Å². The largest absolute Gasteiger partial charge is 0.508 e. The number of hydrogen-bond donors (Lipinski definition) is 1. The molecule has 2 aliphatic rings. The molecule has 1 unspecified atom stereocenters. The van der Waals surface area contributed by atoms with Crippen LogP contribution in [-0.4, -0.2) is 120 Å². The SMILES string of the molecule is [B]C([B])(Oc1ccc2[nH]cc(CC3CCCN3C)c2c1)C([B])([B])C([B])([B])C([B])([B])N1C(=O)c2ccccc2C1=O. The van der Waals surface area contributed by atoms with Crippen LogP contribution in [0, 0.1) is 0 Å². The number of likely N-dealkylation sites (N-methyl/N-ethyl adjacent to an activating group) is 1. The molecular weight excluding hydrogens is 489 g/mol. The summed E-state index contributed by atoms with van der Waals surface area (Å²) in [6, 6.07) is 11.6. The maximum Gasteiger partial charge on any atom is 0.260 e. The third-order valence-electron chi connectivity index (χ3n) is 8.31. The number of carbonyl (C=O) groups is 2. The number of hydrogen-bond acceptors (Lipinski definition) is 4. The van der Waals surface area contributed by atoms with Gasteiger partial charge in [0.25, 0.3) is 11.8 Å². The van der Waals surface area contributed by atoms with Gasteiger partial charge in [0.15, 0.2) is 0 Å². The monoisotopic (exact) mass is 511 g/mol. The number of aromatic amines is 1. The Labute approximate surface area is 245 Å². The van der Waals surface area contributed by atoms with Crippen LogP contribution < -0.4 is 4.74 Å². The third kappa shape index (κ3) is 4.33. The number of likely N-dealkylation sites (tertiary alicyclic amines) is 1. The molecule has 5 rings (SSSR count). The van der Waals surface area contributed by atoms with Crippen molar-refractivity contribution in [3.05, 3.63) is 65.4 Å². The van der Waals surface area contributed by atoms with Crippen molar-refractivity contribution in [3.8, 4) is 5.75 Å². The van der Waals surface area contributed by atoms with Crippen molar-refractivity contribution in [3.63, 3.8) is 0 Å². The summed E-state index contributed by atoms with van der Waals surface area (Å²) in [6.45, 7) is 1.06. The fourth-order valence-corrected chi connectivity index (χ4v) is 5.53. The van der Waals surface area contributed by atoms with Crippen LogP contribution in [0.15, 0.2) is 48.7 Å². The number of fused-ring (bicyclic) bond motifs is 2. The molecule has 0 spiro atoms. The van der Waals surface area contributed by atoms with Crippen LogP contribution >= 0.6 is 0 Å². The Bertz CT molecular complexity index is 1450. The molecule has 2 amide bonds. The Balaban J connectivity index is 1.43. The van der Waals surface area contributed by atoms with E-state index < -0.39 is 33.0 Å². The summed E-state index contributed by atoms with van der Waals surface area (Å²) in [7, 11) is 52.6. The van der Waals surface area contributed by atoms with Crippen LogP contribution in [0.2, 0.25) is 10.4 Å². The van der Waals surface area contributed by atoms with Gasteiger partial charge in [-0.3, -0.25) is 14.5 Å². The highest BCUT2D eigenvalue weighted by molar-refractivity contribution is 6.66. The Kier molecular flexibility index (Phi) is 7.05. The molecule has 16 radical (unpaired) electrons. The van der Waals surface area contributed by atoms with Gasteiger partial charge in [-0.25, -0.2) is 0 Å². The average molecular weight is 510 g/mol. The van der Waals surface area contributed by atoms with E-state index in [-0.39, 0.29) is 16.9 Å². The van der Waals surface area contributed by atoms with E-state index in [9.17, 15) is 9.59 Å². The first-order valence-corrected chi connectivity index (χ1v) is 12.9. The lowest BCUT2D eigenvalue weighted by atomic mass is 9.14. The van der Waals surface area contributed by atoms with Crippen molar-refractivity contribution in [2.45, 2.75) is 46.5 Å². The molecular formula is C26H21B8N3O3. The van der Waals surface area contributed by atoms with Gasteiger partial charge in [0.2, 0.25) is 0 Å². The van der Waals surface area contributed by atoms with Gasteiger partial charge >= 0.3 is 0 Å². The second-order valence-electron chi connectivity index (χ2n) is 11.0. The zero-order valence-corrected chi connectivity index (χ0v) is 22.3. The maximum atomic E-state index is 13.1. The number of nitrogens with one attached hydrogen (secondary N) is 1. The number of nitrogens with zero attached hydrogens (tertiary/aromatic N) is 2. The number of amides is 2. The van der Waals surface area contributed by atoms with Gasteiger partial charge in [-0.15, -0.1) is 0 Å². The molecule has 0 saturated carbocycles. The van der Waals surface area contributed by atoms with Crippen LogP contribution in [-0.2, 0) is 6.42 Å². The van der Waals surface area contributed by atoms with Gasteiger partial charge in [-0.1, -0.05) is 22.6 Å². The molecule has 1 N–H and O–H groups in total. The number of H-pyrrole nitrogens is 1. The van der Waals surface area contributed by atoms with Crippen LogP contribution in [0.5, 0.6) is 5.75 Å². The first kappa shape index (κ1) is 28.9. The van der Waals surface area contributed by atoms with Crippen molar-refractivity contribution in [2.75, 3.05) is 13.6 Å². The summed E-state index contributed by atoms with van der Waals surface area (Å²) < 4.78 is 5.87. The summed E-state index contributed by atoms with van der Waals surface area (Å²) in [4.78, 5) is 32.3. The minimum Gasteiger partial charge on any atom is -0.508 e. The second-order valence-corrected chi connectivity index (χ2v) is 11.0. The van der Waals surface area contributed by atoms with Crippen molar-refractivity contribution < 1.29 is 14.3 Å². The number of imide groups is 1. The van der Waals surface area contributed by atoms with E-state index in [0.717, 1.165) is 42.3 Å². The fourth-order valence-electron chi connectivity index (χ4n) is 5.53. The quantitative estimate of drug-likeness (QED) is 0.352. The molecule has 3 aromatic rings. The highest BCUT2D eigenvalue weighted by Crippen LogP contribution is 2.56. The predicted molar refractivity (Wildman–Crippen MR) is 162 cm³/mol. The summed E-state index contributed by atoms with van der Waals surface area (Å²) in [5.41, 5.74) is 2.09. The van der Waals surface area contributed by atoms with Crippen LogP contribution in [0.1, 0.15) is 39.1 Å². The minimum atomic E-state index is -2.67. The van der Waals surface area contributed by atoms with Crippen LogP contribution in [0.25, 0.3) is 10.9 Å². The van der Waals surface area contributed by atoms with Gasteiger partial charge in [-0.05, 0) is 74.1 Å². The molecule has 14 heteroatoms. The highest BCUT2D eigenvalue weighted by Gasteiger charge is 2.57. The maximum absolute atomic E-state index is 13.1. The lowest BCUT2D eigenvalue weighted by Gasteiger charge is -2.63. The Morgan fingerprint density at radius 3 is 2.12 bits per heavy atom. The lowest BCUT2D eigenvalue weighted by molar-refractivity contribution is 0.0573. The second kappa shape index (κ2) is 9.75. The molecule has 1 atom stereocenters. The molecule has 1 aromatic heterocycles. The van der Waals surface area contributed by atoms with Crippen molar-refractivity contribution in [2.24, 2.45) is 0 Å². The number of benzene rings is 2. The van der Waals surface area contributed by atoms with Gasteiger partial charge in [0.1, 0.15) is 21.4 Å². The minimum absolute atomic E-state index is 0.0608. The number of ether oxygens (including phenoxy) is 1. The number of carbonyl (C=O) groups excluding carboxylic acids is 2. The van der Waals surface area contributed by atoms with E-state index >= 15 is 0 Å². The zero-order valence-electron chi connectivity index (χ0n) is 22.3. The van der Waals surface area contributed by atoms with Crippen LogP contribution in [0.3, 0.4) is 0 Å².